The van der Waals surface area contributed by atoms with Gasteiger partial charge in [0.2, 0.25) is 0 Å². The number of amides is 1. The molecule has 1 aromatic heterocycles. The van der Waals surface area contributed by atoms with Gasteiger partial charge in [-0.2, -0.15) is 0 Å². The predicted octanol–water partition coefficient (Wildman–Crippen LogP) is 5.42. The van der Waals surface area contributed by atoms with Gasteiger partial charge in [-0.25, -0.2) is 4.39 Å². The topological polar surface area (TPSA) is 79.7 Å². The van der Waals surface area contributed by atoms with Crippen LogP contribution in [-0.4, -0.2) is 28.4 Å². The van der Waals surface area contributed by atoms with Gasteiger partial charge in [-0.05, 0) is 61.0 Å². The molecule has 0 radical (unpaired) electrons. The highest BCUT2D eigenvalue weighted by molar-refractivity contribution is 6.51. The van der Waals surface area contributed by atoms with Crippen LogP contribution in [0.5, 0.6) is 5.75 Å². The van der Waals surface area contributed by atoms with Crippen LogP contribution in [-0.2, 0) is 9.59 Å². The van der Waals surface area contributed by atoms with Crippen molar-refractivity contribution in [1.29, 1.82) is 0 Å². The van der Waals surface area contributed by atoms with Crippen LogP contribution in [0.4, 0.5) is 10.1 Å². The summed E-state index contributed by atoms with van der Waals surface area (Å²) in [6.07, 6.45) is 4.66. The van der Waals surface area contributed by atoms with Crippen molar-refractivity contribution >= 4 is 23.1 Å². The zero-order chi connectivity index (χ0) is 24.1. The highest BCUT2D eigenvalue weighted by atomic mass is 19.1. The first kappa shape index (κ1) is 23.2. The third kappa shape index (κ3) is 4.69. The maximum atomic E-state index is 14.0. The number of benzene rings is 2. The van der Waals surface area contributed by atoms with Gasteiger partial charge < -0.3 is 9.84 Å². The Morgan fingerprint density at radius 1 is 1.06 bits per heavy atom. The zero-order valence-corrected chi connectivity index (χ0v) is 18.8. The summed E-state index contributed by atoms with van der Waals surface area (Å²) in [5, 5.41) is 11.1. The molecule has 4 rings (SSSR count). The lowest BCUT2D eigenvalue weighted by atomic mass is 9.98. The number of carbonyl (C=O) groups is 2. The molecular formula is C27H25FN2O4. The number of anilines is 1. The van der Waals surface area contributed by atoms with Crippen LogP contribution in [0.2, 0.25) is 0 Å². The minimum atomic E-state index is -1.01. The summed E-state index contributed by atoms with van der Waals surface area (Å²) in [4.78, 5) is 31.6. The number of hydrogen-bond acceptors (Lipinski definition) is 5. The normalized spacial score (nSPS) is 17.2. The Hall–Kier alpha value is -4.00. The number of nitrogens with zero attached hydrogens (tertiary/aromatic N) is 2. The molecule has 174 valence electrons. The standard InChI is InChI=1S/C27H25FN2O4/c1-2-3-6-16-34-21-13-11-18(12-14-21)25(31)23-24(22-10-4-5-15-29-22)30(27(33)26(23)32)20-9-7-8-19(28)17-20/h4-5,7-15,17,24,31H,2-3,6,16H2,1H3/b25-23+. The Morgan fingerprint density at radius 3 is 2.53 bits per heavy atom. The third-order valence-electron chi connectivity index (χ3n) is 5.64. The maximum Gasteiger partial charge on any atom is 0.300 e. The van der Waals surface area contributed by atoms with E-state index in [1.54, 1.807) is 42.5 Å². The monoisotopic (exact) mass is 460 g/mol. The average molecular weight is 461 g/mol. The van der Waals surface area contributed by atoms with Crippen molar-refractivity contribution in [3.05, 3.63) is 95.6 Å². The summed E-state index contributed by atoms with van der Waals surface area (Å²) >= 11 is 0. The molecule has 1 aliphatic rings. The quantitative estimate of drug-likeness (QED) is 0.210. The molecule has 2 aromatic carbocycles. The molecule has 1 saturated heterocycles. The van der Waals surface area contributed by atoms with Crippen LogP contribution in [0.1, 0.15) is 43.5 Å². The first-order chi connectivity index (χ1) is 16.5. The number of aliphatic hydroxyl groups is 1. The molecule has 6 nitrogen and oxygen atoms in total. The molecule has 1 N–H and O–H groups in total. The fourth-order valence-electron chi connectivity index (χ4n) is 3.95. The van der Waals surface area contributed by atoms with Gasteiger partial charge in [-0.1, -0.05) is 31.9 Å². The van der Waals surface area contributed by atoms with Gasteiger partial charge in [-0.15, -0.1) is 0 Å². The molecule has 1 amide bonds. The second-order valence-electron chi connectivity index (χ2n) is 7.98. The van der Waals surface area contributed by atoms with E-state index in [4.69, 9.17) is 4.74 Å². The maximum absolute atomic E-state index is 14.0. The molecule has 0 saturated carbocycles. The van der Waals surface area contributed by atoms with Crippen LogP contribution in [0, 0.1) is 5.82 Å². The van der Waals surface area contributed by atoms with Crippen molar-refractivity contribution in [3.8, 4) is 5.75 Å². The smallest absolute Gasteiger partial charge is 0.300 e. The second-order valence-corrected chi connectivity index (χ2v) is 7.98. The molecular weight excluding hydrogens is 435 g/mol. The lowest BCUT2D eigenvalue weighted by molar-refractivity contribution is -0.132. The van der Waals surface area contributed by atoms with Gasteiger partial charge in [0.25, 0.3) is 11.7 Å². The van der Waals surface area contributed by atoms with Crippen molar-refractivity contribution in [2.45, 2.75) is 32.2 Å². The number of aliphatic hydroxyl groups excluding tert-OH is 1. The van der Waals surface area contributed by atoms with Crippen molar-refractivity contribution in [2.75, 3.05) is 11.5 Å². The van der Waals surface area contributed by atoms with Gasteiger partial charge in [0.1, 0.15) is 23.4 Å². The highest BCUT2D eigenvalue weighted by Crippen LogP contribution is 2.41. The predicted molar refractivity (Wildman–Crippen MR) is 127 cm³/mol. The summed E-state index contributed by atoms with van der Waals surface area (Å²) in [6.45, 7) is 2.71. The van der Waals surface area contributed by atoms with Crippen molar-refractivity contribution in [1.82, 2.24) is 4.98 Å². The van der Waals surface area contributed by atoms with E-state index in [2.05, 4.69) is 11.9 Å². The number of halogens is 1. The fraction of sp³-hybridized carbons (Fsp3) is 0.222. The number of Topliss-reactive ketones (excluding diaryl/α,β-unsaturated/α-hetero) is 1. The summed E-state index contributed by atoms with van der Waals surface area (Å²) in [7, 11) is 0. The van der Waals surface area contributed by atoms with Crippen molar-refractivity contribution in [2.24, 2.45) is 0 Å². The first-order valence-corrected chi connectivity index (χ1v) is 11.2. The third-order valence-corrected chi connectivity index (χ3v) is 5.64. The zero-order valence-electron chi connectivity index (χ0n) is 18.8. The molecule has 1 atom stereocenters. The minimum Gasteiger partial charge on any atom is -0.507 e. The van der Waals surface area contributed by atoms with E-state index in [0.29, 0.717) is 23.6 Å². The van der Waals surface area contributed by atoms with E-state index in [9.17, 15) is 19.1 Å². The second kappa shape index (κ2) is 10.3. The Bertz CT molecular complexity index is 1210. The van der Waals surface area contributed by atoms with Gasteiger partial charge in [0.05, 0.1) is 17.9 Å². The summed E-state index contributed by atoms with van der Waals surface area (Å²) < 4.78 is 19.7. The molecule has 1 unspecified atom stereocenters. The van der Waals surface area contributed by atoms with E-state index in [0.717, 1.165) is 19.3 Å². The molecule has 1 aliphatic heterocycles. The number of hydrogen-bond donors (Lipinski definition) is 1. The molecule has 3 aromatic rings. The largest absolute Gasteiger partial charge is 0.507 e. The van der Waals surface area contributed by atoms with Crippen molar-refractivity contribution in [3.63, 3.8) is 0 Å². The SMILES string of the molecule is CCCCCOc1ccc(/C(O)=C2\C(=O)C(=O)N(c3cccc(F)c3)C2c2ccccn2)cc1. The average Bonchev–Trinajstić information content (AvgIpc) is 3.13. The van der Waals surface area contributed by atoms with Gasteiger partial charge in [0.15, 0.2) is 0 Å². The first-order valence-electron chi connectivity index (χ1n) is 11.2. The lowest BCUT2D eigenvalue weighted by Gasteiger charge is -2.24. The van der Waals surface area contributed by atoms with E-state index >= 15 is 0 Å². The minimum absolute atomic E-state index is 0.107. The molecule has 7 heteroatoms. The number of carbonyl (C=O) groups excluding carboxylic acids is 2. The highest BCUT2D eigenvalue weighted by Gasteiger charge is 2.47. The Kier molecular flexibility index (Phi) is 7.01. The summed E-state index contributed by atoms with van der Waals surface area (Å²) in [6, 6.07) is 16.2. The number of aromatic nitrogens is 1. The summed E-state index contributed by atoms with van der Waals surface area (Å²) in [5.74, 6) is -1.95. The molecule has 34 heavy (non-hydrogen) atoms. The molecule has 2 heterocycles. The molecule has 0 spiro atoms. The van der Waals surface area contributed by atoms with Crippen molar-refractivity contribution < 1.29 is 23.8 Å². The molecule has 0 aliphatic carbocycles. The van der Waals surface area contributed by atoms with E-state index in [-0.39, 0.29) is 17.0 Å². The summed E-state index contributed by atoms with van der Waals surface area (Å²) in [5.41, 5.74) is 0.833. The van der Waals surface area contributed by atoms with Crippen LogP contribution in [0.25, 0.3) is 5.76 Å². The van der Waals surface area contributed by atoms with Gasteiger partial charge >= 0.3 is 0 Å². The van der Waals surface area contributed by atoms with E-state index in [1.807, 2.05) is 0 Å². The number of rotatable bonds is 8. The Morgan fingerprint density at radius 2 is 1.85 bits per heavy atom. The Labute approximate surface area is 197 Å². The van der Waals surface area contributed by atoms with Crippen LogP contribution < -0.4 is 9.64 Å². The molecule has 0 bridgehead atoms. The fourth-order valence-corrected chi connectivity index (χ4v) is 3.95. The number of unbranched alkanes of at least 4 members (excludes halogenated alkanes) is 2. The Balaban J connectivity index is 1.74. The number of ether oxygens (including phenoxy) is 1. The van der Waals surface area contributed by atoms with E-state index < -0.39 is 23.5 Å². The number of pyridine rings is 1. The molecule has 1 fully saturated rings. The lowest BCUT2D eigenvalue weighted by Crippen LogP contribution is -2.29. The van der Waals surface area contributed by atoms with Gasteiger partial charge in [0, 0.05) is 17.4 Å². The van der Waals surface area contributed by atoms with Gasteiger partial charge in [-0.3, -0.25) is 19.5 Å². The number of ketones is 1. The van der Waals surface area contributed by atoms with Crippen LogP contribution in [0.15, 0.2) is 78.5 Å². The van der Waals surface area contributed by atoms with E-state index in [1.165, 1.54) is 35.4 Å². The van der Waals surface area contributed by atoms with Crippen LogP contribution in [0.3, 0.4) is 0 Å². The van der Waals surface area contributed by atoms with Crippen LogP contribution >= 0.6 is 0 Å².